The Bertz CT molecular complexity index is 1710. The summed E-state index contributed by atoms with van der Waals surface area (Å²) < 4.78 is 60.3. The average molecular weight is 585 g/mol. The SMILES string of the molecule is O=S(=O)(Nc1cnc2ccccc2n1)c1ccc(NC(=S)Nc2ccc(S(=O)(=O)N3CCOCC3)cc2)cc1. The number of rotatable bonds is 7. The molecule has 1 saturated heterocycles. The van der Waals surface area contributed by atoms with Crippen LogP contribution in [-0.2, 0) is 24.8 Å². The van der Waals surface area contributed by atoms with Crippen LogP contribution in [0.2, 0.25) is 0 Å². The highest BCUT2D eigenvalue weighted by Crippen LogP contribution is 2.21. The van der Waals surface area contributed by atoms with Crippen LogP contribution < -0.4 is 15.4 Å². The molecule has 0 unspecified atom stereocenters. The summed E-state index contributed by atoms with van der Waals surface area (Å²) in [6.45, 7) is 1.40. The van der Waals surface area contributed by atoms with Crippen molar-refractivity contribution in [1.29, 1.82) is 0 Å². The molecular weight excluding hydrogens is 561 g/mol. The average Bonchev–Trinajstić information content (AvgIpc) is 2.94. The molecule has 4 aromatic rings. The number of anilines is 3. The van der Waals surface area contributed by atoms with E-state index < -0.39 is 20.0 Å². The smallest absolute Gasteiger partial charge is 0.263 e. The molecule has 0 bridgehead atoms. The molecular formula is C25H24N6O5S3. The fourth-order valence-electron chi connectivity index (χ4n) is 3.86. The molecule has 14 heteroatoms. The highest BCUT2D eigenvalue weighted by atomic mass is 32.2. The van der Waals surface area contributed by atoms with Gasteiger partial charge in [-0.15, -0.1) is 0 Å². The molecule has 1 aromatic heterocycles. The lowest BCUT2D eigenvalue weighted by atomic mass is 10.3. The summed E-state index contributed by atoms with van der Waals surface area (Å²) in [4.78, 5) is 8.74. The number of hydrogen-bond acceptors (Lipinski definition) is 8. The Morgan fingerprint density at radius 2 is 1.36 bits per heavy atom. The highest BCUT2D eigenvalue weighted by molar-refractivity contribution is 7.92. The molecule has 0 atom stereocenters. The summed E-state index contributed by atoms with van der Waals surface area (Å²) in [5.74, 6) is 0.116. The van der Waals surface area contributed by atoms with Crippen molar-refractivity contribution in [1.82, 2.24) is 14.3 Å². The molecule has 3 aromatic carbocycles. The van der Waals surface area contributed by atoms with Gasteiger partial charge in [0.05, 0.1) is 40.2 Å². The first-order valence-electron chi connectivity index (χ1n) is 11.8. The monoisotopic (exact) mass is 584 g/mol. The Kier molecular flexibility index (Phi) is 7.72. The first-order valence-corrected chi connectivity index (χ1v) is 15.1. The summed E-state index contributed by atoms with van der Waals surface area (Å²) in [5, 5.41) is 6.21. The largest absolute Gasteiger partial charge is 0.379 e. The number of nitrogens with zero attached hydrogens (tertiary/aromatic N) is 3. The lowest BCUT2D eigenvalue weighted by molar-refractivity contribution is 0.0730. The fraction of sp³-hybridized carbons (Fsp3) is 0.160. The van der Waals surface area contributed by atoms with Gasteiger partial charge in [0.25, 0.3) is 10.0 Å². The summed E-state index contributed by atoms with van der Waals surface area (Å²) >= 11 is 5.35. The van der Waals surface area contributed by atoms with Crippen LogP contribution in [0.3, 0.4) is 0 Å². The Morgan fingerprint density at radius 1 is 0.795 bits per heavy atom. The van der Waals surface area contributed by atoms with Crippen LogP contribution in [0.5, 0.6) is 0 Å². The molecule has 0 radical (unpaired) electrons. The van der Waals surface area contributed by atoms with Crippen molar-refractivity contribution in [2.45, 2.75) is 9.79 Å². The number of fused-ring (bicyclic) bond motifs is 1. The van der Waals surface area contributed by atoms with Gasteiger partial charge < -0.3 is 15.4 Å². The quantitative estimate of drug-likeness (QED) is 0.277. The van der Waals surface area contributed by atoms with E-state index in [0.29, 0.717) is 48.7 Å². The second-order valence-electron chi connectivity index (χ2n) is 8.49. The van der Waals surface area contributed by atoms with Crippen LogP contribution in [0.4, 0.5) is 17.2 Å². The predicted molar refractivity (Wildman–Crippen MR) is 153 cm³/mol. The van der Waals surface area contributed by atoms with Crippen LogP contribution in [0.1, 0.15) is 0 Å². The number of aromatic nitrogens is 2. The van der Waals surface area contributed by atoms with Gasteiger partial charge in [-0.1, -0.05) is 12.1 Å². The summed E-state index contributed by atoms with van der Waals surface area (Å²) in [6.07, 6.45) is 1.37. The Morgan fingerprint density at radius 3 is 1.97 bits per heavy atom. The van der Waals surface area contributed by atoms with Gasteiger partial charge in [0.1, 0.15) is 0 Å². The Labute approximate surface area is 231 Å². The first-order chi connectivity index (χ1) is 18.7. The fourth-order valence-corrected chi connectivity index (χ4v) is 6.49. The van der Waals surface area contributed by atoms with Crippen molar-refractivity contribution < 1.29 is 21.6 Å². The Balaban J connectivity index is 1.19. The lowest BCUT2D eigenvalue weighted by Crippen LogP contribution is -2.40. The maximum atomic E-state index is 12.8. The number of thiocarbonyl (C=S) groups is 1. The molecule has 39 heavy (non-hydrogen) atoms. The number of ether oxygens (including phenoxy) is 1. The van der Waals surface area contributed by atoms with E-state index in [1.807, 2.05) is 6.07 Å². The molecule has 11 nitrogen and oxygen atoms in total. The predicted octanol–water partition coefficient (Wildman–Crippen LogP) is 3.26. The number of nitrogens with one attached hydrogen (secondary N) is 3. The van der Waals surface area contributed by atoms with Crippen LogP contribution in [-0.4, -0.2) is 62.5 Å². The summed E-state index contributed by atoms with van der Waals surface area (Å²) in [7, 11) is -7.47. The molecule has 5 rings (SSSR count). The molecule has 202 valence electrons. The van der Waals surface area contributed by atoms with Crippen molar-refractivity contribution in [2.75, 3.05) is 41.7 Å². The van der Waals surface area contributed by atoms with Crippen LogP contribution >= 0.6 is 12.2 Å². The third-order valence-electron chi connectivity index (χ3n) is 5.83. The Hall–Kier alpha value is -3.69. The molecule has 0 spiro atoms. The van der Waals surface area contributed by atoms with Gasteiger partial charge in [0.2, 0.25) is 10.0 Å². The standard InChI is InChI=1S/C25H24N6O5S3/c32-38(33,30-24-17-26-22-3-1-2-4-23(22)29-24)20-9-5-18(6-10-20)27-25(37)28-19-7-11-21(12-8-19)39(34,35)31-13-15-36-16-14-31/h1-12,17H,13-16H2,(H,29,30)(H2,27,28,37). The minimum absolute atomic E-state index is 0.0407. The summed E-state index contributed by atoms with van der Waals surface area (Å²) in [6, 6.07) is 19.5. The molecule has 0 aliphatic carbocycles. The second kappa shape index (κ2) is 11.2. The van der Waals surface area contributed by atoms with Gasteiger partial charge in [0.15, 0.2) is 10.9 Å². The lowest BCUT2D eigenvalue weighted by Gasteiger charge is -2.26. The third-order valence-corrected chi connectivity index (χ3v) is 9.32. The molecule has 0 saturated carbocycles. The molecule has 1 fully saturated rings. The zero-order valence-electron chi connectivity index (χ0n) is 20.4. The normalized spacial score (nSPS) is 14.6. The number of benzene rings is 3. The molecule has 1 aliphatic heterocycles. The van der Waals surface area contributed by atoms with Gasteiger partial charge in [-0.2, -0.15) is 4.31 Å². The minimum Gasteiger partial charge on any atom is -0.379 e. The highest BCUT2D eigenvalue weighted by Gasteiger charge is 2.26. The number of sulfonamides is 2. The minimum atomic E-state index is -3.89. The van der Waals surface area contributed by atoms with Gasteiger partial charge in [-0.25, -0.2) is 21.8 Å². The van der Waals surface area contributed by atoms with E-state index in [0.717, 1.165) is 0 Å². The molecule has 3 N–H and O–H groups in total. The van der Waals surface area contributed by atoms with E-state index in [2.05, 4.69) is 25.3 Å². The number of para-hydroxylation sites is 2. The zero-order chi connectivity index (χ0) is 27.5. The van der Waals surface area contributed by atoms with Crippen molar-refractivity contribution in [3.63, 3.8) is 0 Å². The van der Waals surface area contributed by atoms with E-state index >= 15 is 0 Å². The molecule has 2 heterocycles. The summed E-state index contributed by atoms with van der Waals surface area (Å²) in [5.41, 5.74) is 2.39. The number of morpholine rings is 1. The molecule has 0 amide bonds. The molecule has 1 aliphatic rings. The van der Waals surface area contributed by atoms with E-state index in [1.54, 1.807) is 42.5 Å². The second-order valence-corrected chi connectivity index (χ2v) is 12.5. The maximum absolute atomic E-state index is 12.8. The van der Waals surface area contributed by atoms with Gasteiger partial charge >= 0.3 is 0 Å². The van der Waals surface area contributed by atoms with E-state index in [9.17, 15) is 16.8 Å². The van der Waals surface area contributed by atoms with E-state index in [1.165, 1.54) is 34.8 Å². The van der Waals surface area contributed by atoms with Crippen LogP contribution in [0.25, 0.3) is 11.0 Å². The first kappa shape index (κ1) is 26.9. The maximum Gasteiger partial charge on any atom is 0.263 e. The van der Waals surface area contributed by atoms with Gasteiger partial charge in [0, 0.05) is 24.5 Å². The van der Waals surface area contributed by atoms with Crippen molar-refractivity contribution in [3.05, 3.63) is 79.0 Å². The van der Waals surface area contributed by atoms with Gasteiger partial charge in [-0.3, -0.25) is 9.71 Å². The van der Waals surface area contributed by atoms with E-state index in [4.69, 9.17) is 17.0 Å². The topological polar surface area (TPSA) is 143 Å². The van der Waals surface area contributed by atoms with Gasteiger partial charge in [-0.05, 0) is 72.9 Å². The zero-order valence-corrected chi connectivity index (χ0v) is 22.9. The van der Waals surface area contributed by atoms with Crippen molar-refractivity contribution in [3.8, 4) is 0 Å². The van der Waals surface area contributed by atoms with Crippen LogP contribution in [0.15, 0.2) is 88.8 Å². The third kappa shape index (κ3) is 6.32. The van der Waals surface area contributed by atoms with Crippen molar-refractivity contribution in [2.24, 2.45) is 0 Å². The van der Waals surface area contributed by atoms with E-state index in [-0.39, 0.29) is 20.7 Å². The van der Waals surface area contributed by atoms with Crippen LogP contribution in [0, 0.1) is 0 Å². The number of hydrogen-bond donors (Lipinski definition) is 3. The van der Waals surface area contributed by atoms with Crippen molar-refractivity contribution >= 4 is 65.6 Å².